The standard InChI is InChI=1S/C10H17F3N2O3/c11-10(12,13)6-17-4-3-15-9(16)8-2-1-7(5-14)18-8/h7-8H,1-6,14H2,(H,15,16)/t7-,8+/m1/s1. The van der Waals surface area contributed by atoms with E-state index < -0.39 is 18.9 Å². The monoisotopic (exact) mass is 270 g/mol. The molecular weight excluding hydrogens is 253 g/mol. The van der Waals surface area contributed by atoms with Gasteiger partial charge in [-0.25, -0.2) is 0 Å². The van der Waals surface area contributed by atoms with Gasteiger partial charge in [-0.2, -0.15) is 13.2 Å². The normalized spacial score (nSPS) is 24.2. The molecule has 1 heterocycles. The summed E-state index contributed by atoms with van der Waals surface area (Å²) in [6.07, 6.45) is -3.70. The molecule has 0 aromatic carbocycles. The number of alkyl halides is 3. The third kappa shape index (κ3) is 5.65. The van der Waals surface area contributed by atoms with Crippen molar-refractivity contribution in [3.8, 4) is 0 Å². The van der Waals surface area contributed by atoms with Crippen molar-refractivity contribution in [3.63, 3.8) is 0 Å². The van der Waals surface area contributed by atoms with Crippen molar-refractivity contribution in [1.82, 2.24) is 5.32 Å². The molecule has 0 aliphatic carbocycles. The van der Waals surface area contributed by atoms with Gasteiger partial charge in [-0.05, 0) is 12.8 Å². The Morgan fingerprint density at radius 3 is 2.72 bits per heavy atom. The first kappa shape index (κ1) is 15.2. The smallest absolute Gasteiger partial charge is 0.370 e. The van der Waals surface area contributed by atoms with Crippen LogP contribution in [0.25, 0.3) is 0 Å². The van der Waals surface area contributed by atoms with Crippen LogP contribution >= 0.6 is 0 Å². The molecular formula is C10H17F3N2O3. The molecule has 5 nitrogen and oxygen atoms in total. The Morgan fingerprint density at radius 2 is 2.17 bits per heavy atom. The third-order valence-electron chi connectivity index (χ3n) is 2.47. The van der Waals surface area contributed by atoms with Crippen LogP contribution in [-0.2, 0) is 14.3 Å². The molecule has 1 aliphatic rings. The highest BCUT2D eigenvalue weighted by Gasteiger charge is 2.30. The number of rotatable bonds is 6. The van der Waals surface area contributed by atoms with Gasteiger partial charge in [0.15, 0.2) is 0 Å². The Bertz CT molecular complexity index is 274. The second kappa shape index (κ2) is 6.91. The number of nitrogens with one attached hydrogen (secondary N) is 1. The maximum absolute atomic E-state index is 11.7. The predicted octanol–water partition coefficient (Wildman–Crippen LogP) is 0.188. The lowest BCUT2D eigenvalue weighted by atomic mass is 10.2. The number of hydrogen-bond acceptors (Lipinski definition) is 4. The van der Waals surface area contributed by atoms with E-state index in [0.717, 1.165) is 6.42 Å². The SMILES string of the molecule is NC[C@H]1CC[C@@H](C(=O)NCCOCC(F)(F)F)O1. The molecule has 0 aromatic heterocycles. The zero-order valence-corrected chi connectivity index (χ0v) is 9.83. The third-order valence-corrected chi connectivity index (χ3v) is 2.47. The molecule has 1 amide bonds. The first-order chi connectivity index (χ1) is 8.42. The van der Waals surface area contributed by atoms with E-state index in [-0.39, 0.29) is 25.2 Å². The number of halogens is 3. The molecule has 0 aromatic rings. The highest BCUT2D eigenvalue weighted by molar-refractivity contribution is 5.80. The van der Waals surface area contributed by atoms with Gasteiger partial charge >= 0.3 is 6.18 Å². The summed E-state index contributed by atoms with van der Waals surface area (Å²) < 4.78 is 44.9. The number of ether oxygens (including phenoxy) is 2. The van der Waals surface area contributed by atoms with E-state index in [4.69, 9.17) is 10.5 Å². The van der Waals surface area contributed by atoms with Gasteiger partial charge in [-0.15, -0.1) is 0 Å². The van der Waals surface area contributed by atoms with Crippen LogP contribution in [0.5, 0.6) is 0 Å². The summed E-state index contributed by atoms with van der Waals surface area (Å²) in [5.41, 5.74) is 5.39. The number of carbonyl (C=O) groups is 1. The second-order valence-electron chi connectivity index (χ2n) is 4.02. The van der Waals surface area contributed by atoms with Crippen LogP contribution in [0.2, 0.25) is 0 Å². The number of nitrogens with two attached hydrogens (primary N) is 1. The summed E-state index contributed by atoms with van der Waals surface area (Å²) >= 11 is 0. The number of hydrogen-bond donors (Lipinski definition) is 2. The molecule has 0 saturated carbocycles. The first-order valence-corrected chi connectivity index (χ1v) is 5.70. The van der Waals surface area contributed by atoms with Crippen molar-refractivity contribution in [1.29, 1.82) is 0 Å². The van der Waals surface area contributed by atoms with Crippen LogP contribution < -0.4 is 11.1 Å². The summed E-state index contributed by atoms with van der Waals surface area (Å²) in [5, 5.41) is 2.46. The van der Waals surface area contributed by atoms with Crippen LogP contribution in [-0.4, -0.2) is 50.6 Å². The minimum absolute atomic E-state index is 0.0298. The summed E-state index contributed by atoms with van der Waals surface area (Å²) in [6.45, 7) is -1.10. The largest absolute Gasteiger partial charge is 0.411 e. The van der Waals surface area contributed by atoms with Gasteiger partial charge in [-0.3, -0.25) is 4.79 Å². The van der Waals surface area contributed by atoms with Crippen LogP contribution in [0.3, 0.4) is 0 Å². The average Bonchev–Trinajstić information content (AvgIpc) is 2.75. The van der Waals surface area contributed by atoms with Crippen molar-refractivity contribution in [3.05, 3.63) is 0 Å². The first-order valence-electron chi connectivity index (χ1n) is 5.70. The molecule has 106 valence electrons. The molecule has 1 aliphatic heterocycles. The van der Waals surface area contributed by atoms with Crippen molar-refractivity contribution in [2.45, 2.75) is 31.2 Å². The number of amides is 1. The van der Waals surface area contributed by atoms with Gasteiger partial charge < -0.3 is 20.5 Å². The summed E-state index contributed by atoms with van der Waals surface area (Å²) in [4.78, 5) is 11.5. The molecule has 1 fully saturated rings. The van der Waals surface area contributed by atoms with Crippen molar-refractivity contribution in [2.24, 2.45) is 5.73 Å². The minimum atomic E-state index is -4.34. The van der Waals surface area contributed by atoms with Crippen molar-refractivity contribution >= 4 is 5.91 Å². The van der Waals surface area contributed by atoms with E-state index >= 15 is 0 Å². The van der Waals surface area contributed by atoms with Crippen molar-refractivity contribution < 1.29 is 27.4 Å². The lowest BCUT2D eigenvalue weighted by Crippen LogP contribution is -2.37. The lowest BCUT2D eigenvalue weighted by Gasteiger charge is -2.13. The van der Waals surface area contributed by atoms with Crippen LogP contribution in [0.15, 0.2) is 0 Å². The van der Waals surface area contributed by atoms with Gasteiger partial charge in [0.2, 0.25) is 5.91 Å². The van der Waals surface area contributed by atoms with Gasteiger partial charge in [0.1, 0.15) is 12.7 Å². The van der Waals surface area contributed by atoms with Gasteiger partial charge in [0.05, 0.1) is 12.7 Å². The van der Waals surface area contributed by atoms with Gasteiger partial charge in [-0.1, -0.05) is 0 Å². The molecule has 0 bridgehead atoms. The quantitative estimate of drug-likeness (QED) is 0.676. The Hall–Kier alpha value is -0.860. The molecule has 8 heteroatoms. The molecule has 1 saturated heterocycles. The molecule has 1 rings (SSSR count). The average molecular weight is 270 g/mol. The topological polar surface area (TPSA) is 73.6 Å². The molecule has 0 radical (unpaired) electrons. The summed E-state index contributed by atoms with van der Waals surface area (Å²) in [5.74, 6) is -0.332. The summed E-state index contributed by atoms with van der Waals surface area (Å²) in [7, 11) is 0. The maximum Gasteiger partial charge on any atom is 0.411 e. The fourth-order valence-electron chi connectivity index (χ4n) is 1.62. The second-order valence-corrected chi connectivity index (χ2v) is 4.02. The van der Waals surface area contributed by atoms with Crippen LogP contribution in [0, 0.1) is 0 Å². The highest BCUT2D eigenvalue weighted by atomic mass is 19.4. The minimum Gasteiger partial charge on any atom is -0.370 e. The predicted molar refractivity (Wildman–Crippen MR) is 56.8 cm³/mol. The molecule has 2 atom stereocenters. The molecule has 0 spiro atoms. The van der Waals surface area contributed by atoms with Gasteiger partial charge in [0.25, 0.3) is 0 Å². The lowest BCUT2D eigenvalue weighted by molar-refractivity contribution is -0.173. The van der Waals surface area contributed by atoms with Crippen LogP contribution in [0.4, 0.5) is 13.2 Å². The Kier molecular flexibility index (Phi) is 5.83. The fourth-order valence-corrected chi connectivity index (χ4v) is 1.62. The summed E-state index contributed by atoms with van der Waals surface area (Å²) in [6, 6.07) is 0. The maximum atomic E-state index is 11.7. The highest BCUT2D eigenvalue weighted by Crippen LogP contribution is 2.18. The van der Waals surface area contributed by atoms with Crippen LogP contribution in [0.1, 0.15) is 12.8 Å². The van der Waals surface area contributed by atoms with Gasteiger partial charge in [0, 0.05) is 13.1 Å². The molecule has 3 N–H and O–H groups in total. The zero-order chi connectivity index (χ0) is 13.6. The molecule has 18 heavy (non-hydrogen) atoms. The van der Waals surface area contributed by atoms with E-state index in [1.165, 1.54) is 0 Å². The zero-order valence-electron chi connectivity index (χ0n) is 9.83. The van der Waals surface area contributed by atoms with E-state index in [1.54, 1.807) is 0 Å². The number of carbonyl (C=O) groups excluding carboxylic acids is 1. The van der Waals surface area contributed by atoms with Crippen molar-refractivity contribution in [2.75, 3.05) is 26.3 Å². The Morgan fingerprint density at radius 1 is 1.44 bits per heavy atom. The molecule has 0 unspecified atom stereocenters. The fraction of sp³-hybridized carbons (Fsp3) is 0.900. The Balaban J connectivity index is 2.07. The van der Waals surface area contributed by atoms with E-state index in [1.807, 2.05) is 0 Å². The Labute approximate surface area is 103 Å². The van der Waals surface area contributed by atoms with E-state index in [2.05, 4.69) is 10.1 Å². The van der Waals surface area contributed by atoms with E-state index in [0.29, 0.717) is 13.0 Å². The van der Waals surface area contributed by atoms with E-state index in [9.17, 15) is 18.0 Å².